The Bertz CT molecular complexity index is 140. The minimum atomic E-state index is 0.711. The van der Waals surface area contributed by atoms with Gasteiger partial charge in [0.25, 0.3) is 0 Å². The van der Waals surface area contributed by atoms with Gasteiger partial charge >= 0.3 is 0 Å². The Labute approximate surface area is 71.0 Å². The van der Waals surface area contributed by atoms with Crippen molar-refractivity contribution in [3.05, 3.63) is 23.8 Å². The van der Waals surface area contributed by atoms with Gasteiger partial charge in [0.05, 0.1) is 0 Å². The first kappa shape index (κ1) is 10.5. The van der Waals surface area contributed by atoms with Crippen LogP contribution in [0.25, 0.3) is 0 Å². The average Bonchev–Trinajstić information content (AvgIpc) is 2.05. The second-order valence-electron chi connectivity index (χ2n) is 2.91. The predicted octanol–water partition coefficient (Wildman–Crippen LogP) is 3.95. The molecule has 0 aromatic carbocycles. The van der Waals surface area contributed by atoms with Gasteiger partial charge in [-0.1, -0.05) is 39.0 Å². The summed E-state index contributed by atoms with van der Waals surface area (Å²) < 4.78 is 0. The van der Waals surface area contributed by atoms with E-state index in [1.807, 2.05) is 0 Å². The van der Waals surface area contributed by atoms with E-state index in [9.17, 15) is 0 Å². The van der Waals surface area contributed by atoms with Crippen LogP contribution in [-0.2, 0) is 0 Å². The SMILES string of the molecule is CC=C(C=CCC)C(C)CC. The molecule has 1 unspecified atom stereocenters. The van der Waals surface area contributed by atoms with E-state index in [2.05, 4.69) is 45.9 Å². The monoisotopic (exact) mass is 152 g/mol. The fourth-order valence-electron chi connectivity index (χ4n) is 1.03. The lowest BCUT2D eigenvalue weighted by atomic mass is 9.98. The van der Waals surface area contributed by atoms with Crippen molar-refractivity contribution in [1.29, 1.82) is 0 Å². The minimum Gasteiger partial charge on any atom is -0.0845 e. The molecular formula is C11H20. The summed E-state index contributed by atoms with van der Waals surface area (Å²) in [4.78, 5) is 0. The van der Waals surface area contributed by atoms with Gasteiger partial charge < -0.3 is 0 Å². The zero-order chi connectivity index (χ0) is 8.69. The van der Waals surface area contributed by atoms with Gasteiger partial charge in [0.15, 0.2) is 0 Å². The van der Waals surface area contributed by atoms with Crippen LogP contribution in [0, 0.1) is 5.92 Å². The molecule has 0 aliphatic heterocycles. The molecule has 0 saturated heterocycles. The van der Waals surface area contributed by atoms with Crippen LogP contribution in [0.3, 0.4) is 0 Å². The summed E-state index contributed by atoms with van der Waals surface area (Å²) in [5.41, 5.74) is 1.47. The molecular weight excluding hydrogens is 132 g/mol. The molecule has 0 aromatic rings. The van der Waals surface area contributed by atoms with E-state index >= 15 is 0 Å². The third-order valence-electron chi connectivity index (χ3n) is 2.06. The summed E-state index contributed by atoms with van der Waals surface area (Å²) >= 11 is 0. The molecule has 0 amide bonds. The molecule has 0 aliphatic carbocycles. The molecule has 0 N–H and O–H groups in total. The van der Waals surface area contributed by atoms with Crippen LogP contribution in [0.1, 0.15) is 40.5 Å². The fourth-order valence-corrected chi connectivity index (χ4v) is 1.03. The van der Waals surface area contributed by atoms with Crippen LogP contribution in [0.2, 0.25) is 0 Å². The van der Waals surface area contributed by atoms with Gasteiger partial charge in [-0.3, -0.25) is 0 Å². The normalized spacial score (nSPS) is 15.8. The highest BCUT2D eigenvalue weighted by Gasteiger charge is 2.00. The first-order chi connectivity index (χ1) is 5.26. The van der Waals surface area contributed by atoms with E-state index in [1.54, 1.807) is 0 Å². The number of hydrogen-bond donors (Lipinski definition) is 0. The van der Waals surface area contributed by atoms with Gasteiger partial charge in [-0.2, -0.15) is 0 Å². The second kappa shape index (κ2) is 6.21. The lowest BCUT2D eigenvalue weighted by Crippen LogP contribution is -1.93. The summed E-state index contributed by atoms with van der Waals surface area (Å²) in [6, 6.07) is 0. The smallest absolute Gasteiger partial charge is 0.0196 e. The van der Waals surface area contributed by atoms with Crippen molar-refractivity contribution in [3.63, 3.8) is 0 Å². The molecule has 0 heterocycles. The molecule has 11 heavy (non-hydrogen) atoms. The quantitative estimate of drug-likeness (QED) is 0.535. The average molecular weight is 152 g/mol. The van der Waals surface area contributed by atoms with Crippen LogP contribution in [-0.4, -0.2) is 0 Å². The van der Waals surface area contributed by atoms with Gasteiger partial charge in [-0.15, -0.1) is 0 Å². The van der Waals surface area contributed by atoms with Crippen molar-refractivity contribution in [3.8, 4) is 0 Å². The van der Waals surface area contributed by atoms with Crippen LogP contribution in [0.15, 0.2) is 23.8 Å². The van der Waals surface area contributed by atoms with E-state index in [0.29, 0.717) is 5.92 Å². The van der Waals surface area contributed by atoms with Gasteiger partial charge in [0, 0.05) is 0 Å². The van der Waals surface area contributed by atoms with Gasteiger partial charge in [0.2, 0.25) is 0 Å². The maximum atomic E-state index is 2.27. The van der Waals surface area contributed by atoms with Crippen molar-refractivity contribution in [1.82, 2.24) is 0 Å². The predicted molar refractivity (Wildman–Crippen MR) is 52.6 cm³/mol. The van der Waals surface area contributed by atoms with Gasteiger partial charge in [0.1, 0.15) is 0 Å². The number of hydrogen-bond acceptors (Lipinski definition) is 0. The topological polar surface area (TPSA) is 0 Å². The van der Waals surface area contributed by atoms with Gasteiger partial charge in [-0.25, -0.2) is 0 Å². The highest BCUT2D eigenvalue weighted by Crippen LogP contribution is 2.15. The Morgan fingerprint density at radius 1 is 1.36 bits per heavy atom. The molecule has 0 fully saturated rings. The molecule has 0 heteroatoms. The fraction of sp³-hybridized carbons (Fsp3) is 0.636. The van der Waals surface area contributed by atoms with Crippen molar-refractivity contribution in [2.24, 2.45) is 5.92 Å². The zero-order valence-corrected chi connectivity index (χ0v) is 8.22. The van der Waals surface area contributed by atoms with Crippen LogP contribution >= 0.6 is 0 Å². The summed E-state index contributed by atoms with van der Waals surface area (Å²) in [6.45, 7) is 8.78. The molecule has 0 radical (unpaired) electrons. The molecule has 0 aromatic heterocycles. The van der Waals surface area contributed by atoms with Crippen molar-refractivity contribution in [2.45, 2.75) is 40.5 Å². The van der Waals surface area contributed by atoms with Crippen molar-refractivity contribution < 1.29 is 0 Å². The van der Waals surface area contributed by atoms with Crippen LogP contribution in [0.4, 0.5) is 0 Å². The van der Waals surface area contributed by atoms with E-state index in [-0.39, 0.29) is 0 Å². The lowest BCUT2D eigenvalue weighted by molar-refractivity contribution is 0.669. The maximum absolute atomic E-state index is 2.27. The Morgan fingerprint density at radius 3 is 2.36 bits per heavy atom. The molecule has 0 rings (SSSR count). The third kappa shape index (κ3) is 4.02. The number of allylic oxidation sites excluding steroid dienone is 4. The van der Waals surface area contributed by atoms with Crippen LogP contribution < -0.4 is 0 Å². The van der Waals surface area contributed by atoms with Crippen molar-refractivity contribution >= 4 is 0 Å². The maximum Gasteiger partial charge on any atom is -0.0196 e. The Morgan fingerprint density at radius 2 is 2.00 bits per heavy atom. The molecule has 1 atom stereocenters. The summed E-state index contributed by atoms with van der Waals surface area (Å²) in [5, 5.41) is 0. The Balaban J connectivity index is 4.07. The van der Waals surface area contributed by atoms with Gasteiger partial charge in [-0.05, 0) is 31.3 Å². The Hall–Kier alpha value is -0.520. The van der Waals surface area contributed by atoms with E-state index < -0.39 is 0 Å². The highest BCUT2D eigenvalue weighted by atomic mass is 14.1. The highest BCUT2D eigenvalue weighted by molar-refractivity contribution is 5.19. The Kier molecular flexibility index (Phi) is 5.91. The van der Waals surface area contributed by atoms with E-state index in [4.69, 9.17) is 0 Å². The minimum absolute atomic E-state index is 0.711. The second-order valence-corrected chi connectivity index (χ2v) is 2.91. The zero-order valence-electron chi connectivity index (χ0n) is 8.22. The van der Waals surface area contributed by atoms with Crippen molar-refractivity contribution in [2.75, 3.05) is 0 Å². The third-order valence-corrected chi connectivity index (χ3v) is 2.06. The van der Waals surface area contributed by atoms with Crippen LogP contribution in [0.5, 0.6) is 0 Å². The standard InChI is InChI=1S/C11H20/c1-5-8-9-11(7-3)10(4)6-2/h7-10H,5-6H2,1-4H3. The molecule has 0 nitrogen and oxygen atoms in total. The molecule has 0 spiro atoms. The summed E-state index contributed by atoms with van der Waals surface area (Å²) in [7, 11) is 0. The molecule has 0 saturated carbocycles. The first-order valence-electron chi connectivity index (χ1n) is 4.58. The van der Waals surface area contributed by atoms with E-state index in [1.165, 1.54) is 12.0 Å². The molecule has 64 valence electrons. The number of rotatable bonds is 4. The molecule has 0 bridgehead atoms. The molecule has 0 aliphatic rings. The summed E-state index contributed by atoms with van der Waals surface area (Å²) in [5.74, 6) is 0.711. The lowest BCUT2D eigenvalue weighted by Gasteiger charge is -2.08. The van der Waals surface area contributed by atoms with E-state index in [0.717, 1.165) is 6.42 Å². The first-order valence-corrected chi connectivity index (χ1v) is 4.58. The largest absolute Gasteiger partial charge is 0.0845 e. The summed E-state index contributed by atoms with van der Waals surface area (Å²) in [6.07, 6.45) is 9.04.